The summed E-state index contributed by atoms with van der Waals surface area (Å²) in [6, 6.07) is 47.6. The molecule has 0 fully saturated rings. The number of fused-ring (bicyclic) bond motifs is 9. The number of furan rings is 1. The lowest BCUT2D eigenvalue weighted by Crippen LogP contribution is -2.25. The molecule has 6 aromatic carbocycles. The first-order valence-electron chi connectivity index (χ1n) is 15.4. The Hall–Kier alpha value is -6.00. The lowest BCUT2D eigenvalue weighted by Gasteiger charge is -2.25. The normalized spacial score (nSPS) is 15.1. The number of hydrogen-bond donors (Lipinski definition) is 1. The Morgan fingerprint density at radius 1 is 0.511 bits per heavy atom. The van der Waals surface area contributed by atoms with Crippen molar-refractivity contribution in [1.29, 1.82) is 0 Å². The van der Waals surface area contributed by atoms with Crippen molar-refractivity contribution in [1.82, 2.24) is 14.5 Å². The van der Waals surface area contributed by atoms with Crippen LogP contribution >= 0.6 is 0 Å². The molecule has 1 unspecified atom stereocenters. The second kappa shape index (κ2) is 9.25. The van der Waals surface area contributed by atoms with Gasteiger partial charge in [0.2, 0.25) is 0 Å². The lowest BCUT2D eigenvalue weighted by atomic mass is 10.0. The van der Waals surface area contributed by atoms with Gasteiger partial charge < -0.3 is 18.9 Å². The summed E-state index contributed by atoms with van der Waals surface area (Å²) < 4.78 is 11.1. The van der Waals surface area contributed by atoms with Crippen LogP contribution in [-0.4, -0.2) is 9.13 Å². The predicted molar refractivity (Wildman–Crippen MR) is 187 cm³/mol. The number of nitrogens with zero attached hydrogens (tertiary/aromatic N) is 2. The molecule has 45 heavy (non-hydrogen) atoms. The Morgan fingerprint density at radius 2 is 1.04 bits per heavy atom. The van der Waals surface area contributed by atoms with Crippen molar-refractivity contribution in [2.75, 3.05) is 0 Å². The maximum atomic E-state index is 6.35. The molecule has 0 saturated heterocycles. The van der Waals surface area contributed by atoms with E-state index in [1.54, 1.807) is 0 Å². The summed E-state index contributed by atoms with van der Waals surface area (Å²) in [5.74, 6) is 0. The largest absolute Gasteiger partial charge is 0.456 e. The number of dihydropyridines is 1. The van der Waals surface area contributed by atoms with Crippen molar-refractivity contribution in [3.05, 3.63) is 157 Å². The maximum absolute atomic E-state index is 6.35. The summed E-state index contributed by atoms with van der Waals surface area (Å²) in [7, 11) is 0. The summed E-state index contributed by atoms with van der Waals surface area (Å²) >= 11 is 0. The summed E-state index contributed by atoms with van der Waals surface area (Å²) in [6.45, 7) is 0. The van der Waals surface area contributed by atoms with Crippen LogP contribution in [0.3, 0.4) is 0 Å². The number of benzene rings is 6. The monoisotopic (exact) mass is 577 g/mol. The first-order valence-corrected chi connectivity index (χ1v) is 15.4. The van der Waals surface area contributed by atoms with Crippen molar-refractivity contribution in [3.63, 3.8) is 0 Å². The van der Waals surface area contributed by atoms with Crippen LogP contribution in [0.25, 0.3) is 76.9 Å². The zero-order valence-corrected chi connectivity index (χ0v) is 24.3. The highest BCUT2D eigenvalue weighted by atomic mass is 16.3. The van der Waals surface area contributed by atoms with Gasteiger partial charge in [-0.2, -0.15) is 0 Å². The molecule has 1 aliphatic rings. The van der Waals surface area contributed by atoms with Crippen molar-refractivity contribution in [2.45, 2.75) is 6.17 Å². The molecule has 0 amide bonds. The fraction of sp³-hybridized carbons (Fsp3) is 0.0244. The van der Waals surface area contributed by atoms with Crippen LogP contribution in [-0.2, 0) is 0 Å². The van der Waals surface area contributed by atoms with E-state index >= 15 is 0 Å². The Balaban J connectivity index is 1.09. The molecule has 0 radical (unpaired) electrons. The second-order valence-corrected chi connectivity index (χ2v) is 11.8. The zero-order chi connectivity index (χ0) is 29.5. The second-order valence-electron chi connectivity index (χ2n) is 11.8. The van der Waals surface area contributed by atoms with Gasteiger partial charge in [-0.25, -0.2) is 0 Å². The Kier molecular flexibility index (Phi) is 5.02. The fourth-order valence-electron chi connectivity index (χ4n) is 7.37. The molecule has 4 heterocycles. The van der Waals surface area contributed by atoms with Gasteiger partial charge in [0.05, 0.1) is 22.1 Å². The topological polar surface area (TPSA) is 35.0 Å². The van der Waals surface area contributed by atoms with Gasteiger partial charge in [-0.3, -0.25) is 0 Å². The molecule has 9 aromatic rings. The van der Waals surface area contributed by atoms with Crippen LogP contribution in [0, 0.1) is 0 Å². The third kappa shape index (κ3) is 3.54. The van der Waals surface area contributed by atoms with Crippen molar-refractivity contribution in [3.8, 4) is 5.69 Å². The molecule has 1 atom stereocenters. The Labute approximate surface area is 258 Å². The lowest BCUT2D eigenvalue weighted by molar-refractivity contribution is 0.589. The maximum Gasteiger partial charge on any atom is 0.135 e. The molecule has 3 aromatic heterocycles. The van der Waals surface area contributed by atoms with Gasteiger partial charge >= 0.3 is 0 Å². The quantitative estimate of drug-likeness (QED) is 0.227. The molecule has 0 spiro atoms. The third-order valence-corrected chi connectivity index (χ3v) is 9.36. The van der Waals surface area contributed by atoms with Crippen molar-refractivity contribution in [2.24, 2.45) is 0 Å². The van der Waals surface area contributed by atoms with Crippen molar-refractivity contribution < 1.29 is 4.42 Å². The number of aromatic nitrogens is 2. The molecule has 0 saturated carbocycles. The molecule has 1 N–H and O–H groups in total. The van der Waals surface area contributed by atoms with Gasteiger partial charge in [-0.05, 0) is 78.4 Å². The molecule has 1 aliphatic heterocycles. The number of hydrogen-bond acceptors (Lipinski definition) is 2. The molecule has 0 aliphatic carbocycles. The average Bonchev–Trinajstić information content (AvgIpc) is 3.75. The Bertz CT molecular complexity index is 2590. The van der Waals surface area contributed by atoms with Gasteiger partial charge in [0, 0.05) is 43.7 Å². The minimum atomic E-state index is -0.0199. The summed E-state index contributed by atoms with van der Waals surface area (Å²) in [6.07, 6.45) is 6.54. The molecule has 10 rings (SSSR count). The van der Waals surface area contributed by atoms with E-state index in [2.05, 4.69) is 166 Å². The van der Waals surface area contributed by atoms with Gasteiger partial charge in [0.25, 0.3) is 0 Å². The fourth-order valence-corrected chi connectivity index (χ4v) is 7.37. The van der Waals surface area contributed by atoms with Crippen LogP contribution in [0.2, 0.25) is 0 Å². The molecular weight excluding hydrogens is 550 g/mol. The van der Waals surface area contributed by atoms with Crippen LogP contribution in [0.1, 0.15) is 11.7 Å². The molecule has 4 nitrogen and oxygen atoms in total. The van der Waals surface area contributed by atoms with Gasteiger partial charge in [-0.1, -0.05) is 78.9 Å². The van der Waals surface area contributed by atoms with E-state index in [4.69, 9.17) is 4.42 Å². The highest BCUT2D eigenvalue weighted by Gasteiger charge is 2.20. The van der Waals surface area contributed by atoms with Gasteiger partial charge in [0.15, 0.2) is 0 Å². The number of rotatable bonds is 3. The van der Waals surface area contributed by atoms with E-state index in [-0.39, 0.29) is 6.17 Å². The zero-order valence-electron chi connectivity index (χ0n) is 24.3. The van der Waals surface area contributed by atoms with E-state index < -0.39 is 0 Å². The molecular formula is C41H27N3O. The summed E-state index contributed by atoms with van der Waals surface area (Å²) in [5.41, 5.74) is 9.95. The highest BCUT2D eigenvalue weighted by molar-refractivity contribution is 6.11. The predicted octanol–water partition coefficient (Wildman–Crippen LogP) is 10.5. The van der Waals surface area contributed by atoms with E-state index in [0.29, 0.717) is 0 Å². The third-order valence-electron chi connectivity index (χ3n) is 9.36. The number of para-hydroxylation sites is 4. The first kappa shape index (κ1) is 24.4. The first-order chi connectivity index (χ1) is 22.3. The smallest absolute Gasteiger partial charge is 0.135 e. The van der Waals surface area contributed by atoms with Crippen molar-refractivity contribution >= 4 is 71.2 Å². The minimum absolute atomic E-state index is 0.0199. The van der Waals surface area contributed by atoms with Crippen LogP contribution < -0.4 is 5.32 Å². The molecule has 4 heteroatoms. The minimum Gasteiger partial charge on any atom is -0.456 e. The van der Waals surface area contributed by atoms with Crippen LogP contribution in [0.4, 0.5) is 0 Å². The number of nitrogens with one attached hydrogen (secondary N) is 1. The van der Waals surface area contributed by atoms with Crippen LogP contribution in [0.5, 0.6) is 0 Å². The van der Waals surface area contributed by atoms with E-state index in [1.165, 1.54) is 43.6 Å². The van der Waals surface area contributed by atoms with E-state index in [0.717, 1.165) is 38.9 Å². The average molecular weight is 578 g/mol. The van der Waals surface area contributed by atoms with E-state index in [9.17, 15) is 0 Å². The SMILES string of the molecule is C1=CC(n2c3ccccc3c3ccccc32)NC(c2ccc3oc4ccc(-n5c6ccccc6c6ccccc65)cc4c3c2)=C1. The highest BCUT2D eigenvalue weighted by Crippen LogP contribution is 2.37. The van der Waals surface area contributed by atoms with Gasteiger partial charge in [-0.15, -0.1) is 0 Å². The van der Waals surface area contributed by atoms with Crippen LogP contribution in [0.15, 0.2) is 156 Å². The standard InChI is InChI=1S/C41H27N3O/c1-5-15-35-28(10-1)29-11-2-6-16-36(29)43(35)27-21-23-40-33(25-27)32-24-26(20-22-39(32)45-40)34-14-9-19-41(42-34)44-37-17-7-3-12-30(37)31-13-4-8-18-38(31)44/h1-25,41-42H. The number of allylic oxidation sites excluding steroid dienone is 2. The Morgan fingerprint density at radius 3 is 1.69 bits per heavy atom. The van der Waals surface area contributed by atoms with Gasteiger partial charge in [0.1, 0.15) is 17.3 Å². The summed E-state index contributed by atoms with van der Waals surface area (Å²) in [5, 5.41) is 11.1. The molecule has 212 valence electrons. The molecule has 0 bridgehead atoms. The van der Waals surface area contributed by atoms with E-state index in [1.807, 2.05) is 0 Å². The summed E-state index contributed by atoms with van der Waals surface area (Å²) in [4.78, 5) is 0.